The number of methoxy groups -OCH3 is 1. The summed E-state index contributed by atoms with van der Waals surface area (Å²) in [7, 11) is 3.58. The average Bonchev–Trinajstić information content (AvgIpc) is 2.44. The predicted octanol–water partition coefficient (Wildman–Crippen LogP) is 3.36. The molecule has 114 valence electrons. The van der Waals surface area contributed by atoms with E-state index in [1.54, 1.807) is 13.2 Å². The van der Waals surface area contributed by atoms with Gasteiger partial charge in [0.25, 0.3) is 0 Å². The van der Waals surface area contributed by atoms with E-state index in [9.17, 15) is 4.39 Å². The number of anilines is 1. The largest absolute Gasteiger partial charge is 0.383 e. The highest BCUT2D eigenvalue weighted by Gasteiger charge is 2.20. The lowest BCUT2D eigenvalue weighted by molar-refractivity contribution is 0.183. The normalized spacial score (nSPS) is 14.1. The van der Waals surface area contributed by atoms with Crippen LogP contribution < -0.4 is 10.2 Å². The third-order valence-corrected chi connectivity index (χ3v) is 3.61. The van der Waals surface area contributed by atoms with Crippen molar-refractivity contribution in [2.75, 3.05) is 32.2 Å². The van der Waals surface area contributed by atoms with Crippen LogP contribution in [0.3, 0.4) is 0 Å². The fraction of sp³-hybridized carbons (Fsp3) is 0.625. The number of halogens is 1. The van der Waals surface area contributed by atoms with Gasteiger partial charge in [-0.05, 0) is 38.4 Å². The molecule has 0 saturated heterocycles. The molecule has 0 aliphatic carbocycles. The number of ether oxygens (including phenoxy) is 1. The molecule has 0 saturated carbocycles. The molecule has 1 rings (SSSR count). The van der Waals surface area contributed by atoms with Crippen molar-refractivity contribution in [2.45, 2.75) is 39.3 Å². The van der Waals surface area contributed by atoms with E-state index in [0.717, 1.165) is 18.5 Å². The first-order valence-electron chi connectivity index (χ1n) is 7.26. The van der Waals surface area contributed by atoms with Gasteiger partial charge in [-0.1, -0.05) is 19.1 Å². The Morgan fingerprint density at radius 3 is 2.65 bits per heavy atom. The first kappa shape index (κ1) is 16.9. The number of para-hydroxylation sites is 1. The van der Waals surface area contributed by atoms with Gasteiger partial charge in [-0.2, -0.15) is 0 Å². The Labute approximate surface area is 122 Å². The van der Waals surface area contributed by atoms with Crippen molar-refractivity contribution in [1.82, 2.24) is 5.32 Å². The summed E-state index contributed by atoms with van der Waals surface area (Å²) in [5.74, 6) is -0.182. The quantitative estimate of drug-likeness (QED) is 0.791. The minimum absolute atomic E-state index is 0.119. The Morgan fingerprint density at radius 2 is 2.05 bits per heavy atom. The summed E-state index contributed by atoms with van der Waals surface area (Å²) in [5.41, 5.74) is 1.65. The number of hydrogen-bond acceptors (Lipinski definition) is 3. The summed E-state index contributed by atoms with van der Waals surface area (Å²) in [4.78, 5) is 1.96. The van der Waals surface area contributed by atoms with Crippen LogP contribution in [0.25, 0.3) is 0 Å². The van der Waals surface area contributed by atoms with Gasteiger partial charge < -0.3 is 15.0 Å². The van der Waals surface area contributed by atoms with Crippen LogP contribution >= 0.6 is 0 Å². The van der Waals surface area contributed by atoms with Gasteiger partial charge in [-0.15, -0.1) is 0 Å². The molecule has 0 bridgehead atoms. The minimum atomic E-state index is -0.182. The third-order valence-electron chi connectivity index (χ3n) is 3.61. The van der Waals surface area contributed by atoms with Crippen LogP contribution in [0.5, 0.6) is 0 Å². The molecule has 2 atom stereocenters. The molecule has 0 aliphatic heterocycles. The lowest BCUT2D eigenvalue weighted by atomic mass is 10.0. The van der Waals surface area contributed by atoms with E-state index in [2.05, 4.69) is 19.2 Å². The Hall–Kier alpha value is -1.13. The fourth-order valence-corrected chi connectivity index (χ4v) is 2.30. The Morgan fingerprint density at radius 1 is 1.35 bits per heavy atom. The zero-order chi connectivity index (χ0) is 15.1. The maximum absolute atomic E-state index is 14.3. The van der Waals surface area contributed by atoms with E-state index in [4.69, 9.17) is 4.74 Å². The molecule has 1 N–H and O–H groups in total. The van der Waals surface area contributed by atoms with Crippen molar-refractivity contribution in [1.29, 1.82) is 0 Å². The smallest absolute Gasteiger partial charge is 0.146 e. The predicted molar refractivity (Wildman–Crippen MR) is 82.8 cm³/mol. The van der Waals surface area contributed by atoms with Crippen LogP contribution in [0.2, 0.25) is 0 Å². The van der Waals surface area contributed by atoms with Crippen molar-refractivity contribution in [3.63, 3.8) is 0 Å². The Balaban J connectivity index is 3.04. The third kappa shape index (κ3) is 4.18. The molecule has 0 aromatic heterocycles. The van der Waals surface area contributed by atoms with Gasteiger partial charge in [0.05, 0.1) is 12.3 Å². The lowest BCUT2D eigenvalue weighted by Crippen LogP contribution is -2.35. The van der Waals surface area contributed by atoms with Crippen LogP contribution in [-0.4, -0.2) is 33.4 Å². The number of rotatable bonds is 8. The van der Waals surface area contributed by atoms with Crippen molar-refractivity contribution in [2.24, 2.45) is 0 Å². The molecule has 2 unspecified atom stereocenters. The average molecular weight is 282 g/mol. The van der Waals surface area contributed by atoms with Gasteiger partial charge >= 0.3 is 0 Å². The zero-order valence-electron chi connectivity index (χ0n) is 13.2. The van der Waals surface area contributed by atoms with E-state index in [0.29, 0.717) is 12.3 Å². The van der Waals surface area contributed by atoms with Crippen molar-refractivity contribution >= 4 is 5.69 Å². The molecule has 1 aromatic carbocycles. The molecule has 1 aromatic rings. The second-order valence-electron chi connectivity index (χ2n) is 5.27. The second kappa shape index (κ2) is 8.22. The van der Waals surface area contributed by atoms with Crippen LogP contribution in [-0.2, 0) is 4.74 Å². The number of benzene rings is 1. The molecule has 0 amide bonds. The standard InChI is InChI=1S/C16H27FN2O/c1-6-10-18-13(3)14-8-7-9-15(17)16(14)19(4)12(2)11-20-5/h7-9,12-13,18H,6,10-11H2,1-5H3. The molecule has 0 heterocycles. The Kier molecular flexibility index (Phi) is 6.96. The van der Waals surface area contributed by atoms with Crippen molar-refractivity contribution in [3.05, 3.63) is 29.6 Å². The molecule has 0 spiro atoms. The molecule has 0 radical (unpaired) electrons. The molecule has 3 nitrogen and oxygen atoms in total. The molecular weight excluding hydrogens is 255 g/mol. The first-order chi connectivity index (χ1) is 9.52. The number of nitrogens with zero attached hydrogens (tertiary/aromatic N) is 1. The van der Waals surface area contributed by atoms with Crippen LogP contribution in [0.4, 0.5) is 10.1 Å². The second-order valence-corrected chi connectivity index (χ2v) is 5.27. The van der Waals surface area contributed by atoms with Gasteiger partial charge in [-0.3, -0.25) is 0 Å². The van der Waals surface area contributed by atoms with E-state index < -0.39 is 0 Å². The van der Waals surface area contributed by atoms with Gasteiger partial charge in [-0.25, -0.2) is 4.39 Å². The minimum Gasteiger partial charge on any atom is -0.383 e. The topological polar surface area (TPSA) is 24.5 Å². The van der Waals surface area contributed by atoms with Gasteiger partial charge in [0, 0.05) is 26.2 Å². The van der Waals surface area contributed by atoms with Crippen LogP contribution in [0.15, 0.2) is 18.2 Å². The van der Waals surface area contributed by atoms with Crippen LogP contribution in [0.1, 0.15) is 38.8 Å². The monoisotopic (exact) mass is 282 g/mol. The molecule has 0 aliphatic rings. The van der Waals surface area contributed by atoms with E-state index in [1.165, 1.54) is 6.07 Å². The van der Waals surface area contributed by atoms with E-state index >= 15 is 0 Å². The van der Waals surface area contributed by atoms with E-state index in [-0.39, 0.29) is 17.9 Å². The van der Waals surface area contributed by atoms with Gasteiger partial charge in [0.15, 0.2) is 0 Å². The summed E-state index contributed by atoms with van der Waals surface area (Å²) >= 11 is 0. The summed E-state index contributed by atoms with van der Waals surface area (Å²) in [6.07, 6.45) is 1.06. The summed E-state index contributed by atoms with van der Waals surface area (Å²) in [6.45, 7) is 7.72. The summed E-state index contributed by atoms with van der Waals surface area (Å²) in [6, 6.07) is 5.52. The number of hydrogen-bond donors (Lipinski definition) is 1. The van der Waals surface area contributed by atoms with Crippen molar-refractivity contribution < 1.29 is 9.13 Å². The molecule has 4 heteroatoms. The number of nitrogens with one attached hydrogen (secondary N) is 1. The molecule has 20 heavy (non-hydrogen) atoms. The molecular formula is C16H27FN2O. The van der Waals surface area contributed by atoms with Crippen LogP contribution in [0, 0.1) is 5.82 Å². The molecule has 0 fully saturated rings. The zero-order valence-corrected chi connectivity index (χ0v) is 13.2. The van der Waals surface area contributed by atoms with E-state index in [1.807, 2.05) is 24.9 Å². The lowest BCUT2D eigenvalue weighted by Gasteiger charge is -2.30. The SMILES string of the molecule is CCCNC(C)c1cccc(F)c1N(C)C(C)COC. The maximum Gasteiger partial charge on any atom is 0.146 e. The van der Waals surface area contributed by atoms with Crippen molar-refractivity contribution in [3.8, 4) is 0 Å². The summed E-state index contributed by atoms with van der Waals surface area (Å²) in [5, 5.41) is 3.42. The highest BCUT2D eigenvalue weighted by atomic mass is 19.1. The number of likely N-dealkylation sites (N-methyl/N-ethyl adjacent to an activating group) is 1. The fourth-order valence-electron chi connectivity index (χ4n) is 2.30. The highest BCUT2D eigenvalue weighted by Crippen LogP contribution is 2.29. The summed E-state index contributed by atoms with van der Waals surface area (Å²) < 4.78 is 19.4. The Bertz CT molecular complexity index is 411. The highest BCUT2D eigenvalue weighted by molar-refractivity contribution is 5.56. The maximum atomic E-state index is 14.3. The van der Waals surface area contributed by atoms with Gasteiger partial charge in [0.1, 0.15) is 5.82 Å². The first-order valence-corrected chi connectivity index (χ1v) is 7.26. The van der Waals surface area contributed by atoms with Gasteiger partial charge in [0.2, 0.25) is 0 Å².